The molecule has 3 rings (SSSR count). The quantitative estimate of drug-likeness (QED) is 0.799. The van der Waals surface area contributed by atoms with Gasteiger partial charge in [0.15, 0.2) is 0 Å². The highest BCUT2D eigenvalue weighted by Crippen LogP contribution is 2.32. The molecule has 2 amide bonds. The minimum atomic E-state index is -0.255. The van der Waals surface area contributed by atoms with Crippen LogP contribution in [0.3, 0.4) is 0 Å². The lowest BCUT2D eigenvalue weighted by molar-refractivity contribution is -0.143. The van der Waals surface area contributed by atoms with E-state index in [9.17, 15) is 9.59 Å². The molecule has 0 aromatic rings. The number of carbonyl (C=O) groups is 2. The van der Waals surface area contributed by atoms with Crippen molar-refractivity contribution in [2.45, 2.75) is 44.2 Å². The average molecular weight is 297 g/mol. The van der Waals surface area contributed by atoms with E-state index in [2.05, 4.69) is 10.6 Å². The molecule has 1 unspecified atom stereocenters. The van der Waals surface area contributed by atoms with E-state index in [0.717, 1.165) is 50.9 Å². The summed E-state index contributed by atoms with van der Waals surface area (Å²) in [5.74, 6) is 1.83. The van der Waals surface area contributed by atoms with Gasteiger partial charge in [0.05, 0.1) is 5.88 Å². The van der Waals surface area contributed by atoms with Crippen LogP contribution in [0.15, 0.2) is 0 Å². The maximum Gasteiger partial charge on any atom is 0.243 e. The van der Waals surface area contributed by atoms with E-state index in [1.54, 1.807) is 16.7 Å². The van der Waals surface area contributed by atoms with Crippen molar-refractivity contribution in [3.05, 3.63) is 0 Å². The molecule has 3 fully saturated rings. The van der Waals surface area contributed by atoms with Gasteiger partial charge < -0.3 is 15.5 Å². The Morgan fingerprint density at radius 3 is 2.70 bits per heavy atom. The second-order valence-corrected chi connectivity index (χ2v) is 7.00. The third-order valence-electron chi connectivity index (χ3n) is 4.57. The number of hydrogen-bond acceptors (Lipinski definition) is 4. The number of piperidine rings is 1. The number of nitrogens with zero attached hydrogens (tertiary/aromatic N) is 1. The number of amides is 2. The monoisotopic (exact) mass is 297 g/mol. The first-order valence-electron chi connectivity index (χ1n) is 7.65. The summed E-state index contributed by atoms with van der Waals surface area (Å²) in [6.07, 6.45) is 5.30. The van der Waals surface area contributed by atoms with E-state index in [1.807, 2.05) is 0 Å². The predicted molar refractivity (Wildman–Crippen MR) is 79.3 cm³/mol. The summed E-state index contributed by atoms with van der Waals surface area (Å²) in [4.78, 5) is 26.6. The maximum absolute atomic E-state index is 12.4. The highest BCUT2D eigenvalue weighted by molar-refractivity contribution is 7.99. The summed E-state index contributed by atoms with van der Waals surface area (Å²) in [5, 5.41) is 6.41. The molecule has 0 bridgehead atoms. The van der Waals surface area contributed by atoms with Crippen LogP contribution in [-0.4, -0.2) is 53.5 Å². The molecule has 2 saturated heterocycles. The van der Waals surface area contributed by atoms with Crippen LogP contribution in [0, 0.1) is 5.92 Å². The van der Waals surface area contributed by atoms with Crippen molar-refractivity contribution in [2.24, 2.45) is 5.92 Å². The summed E-state index contributed by atoms with van der Waals surface area (Å²) in [6.45, 7) is 1.89. The highest BCUT2D eigenvalue weighted by Gasteiger charge is 2.39. The van der Waals surface area contributed by atoms with E-state index < -0.39 is 0 Å². The first-order chi connectivity index (χ1) is 9.75. The van der Waals surface area contributed by atoms with Crippen molar-refractivity contribution < 1.29 is 9.59 Å². The molecular weight excluding hydrogens is 274 g/mol. The topological polar surface area (TPSA) is 61.4 Å². The Morgan fingerprint density at radius 2 is 2.05 bits per heavy atom. The van der Waals surface area contributed by atoms with Gasteiger partial charge in [-0.1, -0.05) is 6.42 Å². The van der Waals surface area contributed by atoms with Crippen LogP contribution in [0.2, 0.25) is 0 Å². The Bertz CT molecular complexity index is 381. The van der Waals surface area contributed by atoms with Crippen LogP contribution in [0.4, 0.5) is 0 Å². The van der Waals surface area contributed by atoms with Crippen LogP contribution in [-0.2, 0) is 9.59 Å². The van der Waals surface area contributed by atoms with Gasteiger partial charge in [-0.3, -0.25) is 9.59 Å². The van der Waals surface area contributed by atoms with Crippen molar-refractivity contribution >= 4 is 23.6 Å². The number of nitrogens with one attached hydrogen (secondary N) is 2. The zero-order valence-electron chi connectivity index (χ0n) is 11.8. The van der Waals surface area contributed by atoms with Gasteiger partial charge in [-0.05, 0) is 32.2 Å². The van der Waals surface area contributed by atoms with Crippen LogP contribution in [0.25, 0.3) is 0 Å². The standard InChI is InChI=1S/C14H23N3O2S/c18-13(16-11-5-2-6-15-7-11)12-8-20-9-17(12)14(19)10-3-1-4-10/h10-12,15H,1-9H2,(H,16,18)/t11-,12?/m0/s1. The maximum atomic E-state index is 12.4. The molecule has 0 aromatic carbocycles. The zero-order chi connectivity index (χ0) is 13.9. The van der Waals surface area contributed by atoms with Gasteiger partial charge >= 0.3 is 0 Å². The number of thioether (sulfide) groups is 1. The lowest BCUT2D eigenvalue weighted by atomic mass is 9.84. The molecular formula is C14H23N3O2S. The second-order valence-electron chi connectivity index (χ2n) is 6.00. The molecule has 0 spiro atoms. The van der Waals surface area contributed by atoms with E-state index >= 15 is 0 Å². The number of carbonyl (C=O) groups excluding carboxylic acids is 2. The SMILES string of the molecule is O=C(N[C@H]1CCCNC1)C1CSCN1C(=O)C1CCC1. The van der Waals surface area contributed by atoms with Crippen LogP contribution >= 0.6 is 11.8 Å². The summed E-state index contributed by atoms with van der Waals surface area (Å²) in [7, 11) is 0. The van der Waals surface area contributed by atoms with Gasteiger partial charge in [-0.2, -0.15) is 0 Å². The Balaban J connectivity index is 1.56. The van der Waals surface area contributed by atoms with Crippen LogP contribution in [0.1, 0.15) is 32.1 Å². The smallest absolute Gasteiger partial charge is 0.243 e. The summed E-state index contributed by atoms with van der Waals surface area (Å²) in [6, 6.07) is -0.0301. The third-order valence-corrected chi connectivity index (χ3v) is 5.58. The Morgan fingerprint density at radius 1 is 1.20 bits per heavy atom. The molecule has 0 radical (unpaired) electrons. The fourth-order valence-corrected chi connectivity index (χ4v) is 4.20. The fraction of sp³-hybridized carbons (Fsp3) is 0.857. The van der Waals surface area contributed by atoms with Crippen molar-refractivity contribution in [2.75, 3.05) is 24.7 Å². The molecule has 1 aliphatic carbocycles. The Labute approximate surface area is 124 Å². The molecule has 20 heavy (non-hydrogen) atoms. The molecule has 6 heteroatoms. The first kappa shape index (κ1) is 14.2. The molecule has 3 aliphatic rings. The highest BCUT2D eigenvalue weighted by atomic mass is 32.2. The normalized spacial score (nSPS) is 30.9. The molecule has 2 aliphatic heterocycles. The van der Waals surface area contributed by atoms with E-state index in [4.69, 9.17) is 0 Å². The van der Waals surface area contributed by atoms with Crippen LogP contribution in [0.5, 0.6) is 0 Å². The van der Waals surface area contributed by atoms with Crippen molar-refractivity contribution in [1.82, 2.24) is 15.5 Å². The van der Waals surface area contributed by atoms with Gasteiger partial charge in [0, 0.05) is 24.3 Å². The number of rotatable bonds is 3. The summed E-state index contributed by atoms with van der Waals surface area (Å²) < 4.78 is 0. The molecule has 0 aromatic heterocycles. The lowest BCUT2D eigenvalue weighted by Gasteiger charge is -2.32. The summed E-state index contributed by atoms with van der Waals surface area (Å²) in [5.41, 5.74) is 0. The third kappa shape index (κ3) is 2.96. The fourth-order valence-electron chi connectivity index (χ4n) is 3.04. The van der Waals surface area contributed by atoms with Crippen molar-refractivity contribution in [1.29, 1.82) is 0 Å². The number of hydrogen-bond donors (Lipinski definition) is 2. The molecule has 5 nitrogen and oxygen atoms in total. The van der Waals surface area contributed by atoms with Gasteiger partial charge in [0.2, 0.25) is 11.8 Å². The van der Waals surface area contributed by atoms with Gasteiger partial charge in [0.1, 0.15) is 6.04 Å². The zero-order valence-corrected chi connectivity index (χ0v) is 12.6. The second kappa shape index (κ2) is 6.35. The largest absolute Gasteiger partial charge is 0.350 e. The molecule has 1 saturated carbocycles. The first-order valence-corrected chi connectivity index (χ1v) is 8.80. The lowest BCUT2D eigenvalue weighted by Crippen LogP contribution is -2.54. The van der Waals surface area contributed by atoms with Crippen LogP contribution < -0.4 is 10.6 Å². The van der Waals surface area contributed by atoms with E-state index in [-0.39, 0.29) is 29.8 Å². The van der Waals surface area contributed by atoms with Gasteiger partial charge in [-0.15, -0.1) is 11.8 Å². The summed E-state index contributed by atoms with van der Waals surface area (Å²) >= 11 is 1.69. The molecule has 2 N–H and O–H groups in total. The van der Waals surface area contributed by atoms with E-state index in [1.165, 1.54) is 0 Å². The van der Waals surface area contributed by atoms with E-state index in [0.29, 0.717) is 5.88 Å². The average Bonchev–Trinajstić information content (AvgIpc) is 2.87. The van der Waals surface area contributed by atoms with Crippen molar-refractivity contribution in [3.8, 4) is 0 Å². The molecule has 112 valence electrons. The van der Waals surface area contributed by atoms with Crippen molar-refractivity contribution in [3.63, 3.8) is 0 Å². The van der Waals surface area contributed by atoms with Gasteiger partial charge in [-0.25, -0.2) is 0 Å². The minimum absolute atomic E-state index is 0.0383. The Kier molecular flexibility index (Phi) is 4.51. The van der Waals surface area contributed by atoms with Gasteiger partial charge in [0.25, 0.3) is 0 Å². The Hall–Kier alpha value is -0.750. The molecule has 2 heterocycles. The molecule has 2 atom stereocenters. The predicted octanol–water partition coefficient (Wildman–Crippen LogP) is 0.556. The minimum Gasteiger partial charge on any atom is -0.350 e.